The number of carbonyl (C=O) groups is 1. The molecule has 0 saturated heterocycles. The summed E-state index contributed by atoms with van der Waals surface area (Å²) in [5.41, 5.74) is 2.60. The van der Waals surface area contributed by atoms with Gasteiger partial charge in [0.15, 0.2) is 0 Å². The molecule has 0 atom stereocenters. The number of hydrogen-bond donors (Lipinski definition) is 0. The van der Waals surface area contributed by atoms with E-state index in [1.807, 2.05) is 18.2 Å². The van der Waals surface area contributed by atoms with Crippen LogP contribution in [0.2, 0.25) is 0 Å². The fourth-order valence-corrected chi connectivity index (χ4v) is 2.83. The Bertz CT molecular complexity index is 665. The maximum atomic E-state index is 12.6. The molecular formula is C17H20N4O. The normalized spacial score (nSPS) is 13.1. The van der Waals surface area contributed by atoms with Crippen molar-refractivity contribution in [3.05, 3.63) is 47.9 Å². The van der Waals surface area contributed by atoms with E-state index in [9.17, 15) is 4.79 Å². The van der Waals surface area contributed by atoms with Crippen molar-refractivity contribution in [2.75, 3.05) is 29.4 Å². The second-order valence-electron chi connectivity index (χ2n) is 5.27. The molecule has 1 aromatic carbocycles. The average molecular weight is 296 g/mol. The Morgan fingerprint density at radius 1 is 1.18 bits per heavy atom. The van der Waals surface area contributed by atoms with Gasteiger partial charge in [0.25, 0.3) is 5.91 Å². The maximum absolute atomic E-state index is 12.6. The lowest BCUT2D eigenvalue weighted by molar-refractivity contribution is 0.0984. The predicted molar refractivity (Wildman–Crippen MR) is 87.4 cm³/mol. The van der Waals surface area contributed by atoms with Gasteiger partial charge < -0.3 is 9.80 Å². The minimum Gasteiger partial charge on any atom is -0.356 e. The van der Waals surface area contributed by atoms with E-state index in [1.54, 1.807) is 17.3 Å². The van der Waals surface area contributed by atoms with Crippen LogP contribution < -0.4 is 9.80 Å². The van der Waals surface area contributed by atoms with Crippen LogP contribution in [0.5, 0.6) is 0 Å². The van der Waals surface area contributed by atoms with Crippen molar-refractivity contribution in [2.24, 2.45) is 0 Å². The summed E-state index contributed by atoms with van der Waals surface area (Å²) in [7, 11) is 0. The molecule has 0 radical (unpaired) electrons. The van der Waals surface area contributed by atoms with Gasteiger partial charge in [-0.1, -0.05) is 18.2 Å². The van der Waals surface area contributed by atoms with E-state index in [2.05, 4.69) is 34.8 Å². The number of anilines is 2. The highest BCUT2D eigenvalue weighted by atomic mass is 16.2. The monoisotopic (exact) mass is 296 g/mol. The number of fused-ring (bicyclic) bond motifs is 1. The minimum absolute atomic E-state index is 0.0800. The zero-order valence-electron chi connectivity index (χ0n) is 13.0. The number of nitrogens with zero attached hydrogens (tertiary/aromatic N) is 4. The predicted octanol–water partition coefficient (Wildman–Crippen LogP) is 2.53. The molecule has 5 nitrogen and oxygen atoms in total. The van der Waals surface area contributed by atoms with Crippen molar-refractivity contribution >= 4 is 17.4 Å². The van der Waals surface area contributed by atoms with Crippen LogP contribution in [0.3, 0.4) is 0 Å². The summed E-state index contributed by atoms with van der Waals surface area (Å²) in [4.78, 5) is 25.2. The Labute approximate surface area is 130 Å². The van der Waals surface area contributed by atoms with Crippen LogP contribution in [0.4, 0.5) is 11.5 Å². The van der Waals surface area contributed by atoms with E-state index in [0.29, 0.717) is 12.2 Å². The van der Waals surface area contributed by atoms with Crippen LogP contribution in [-0.4, -0.2) is 35.5 Å². The van der Waals surface area contributed by atoms with Gasteiger partial charge in [0.05, 0.1) is 12.4 Å². The van der Waals surface area contributed by atoms with E-state index < -0.39 is 0 Å². The summed E-state index contributed by atoms with van der Waals surface area (Å²) < 4.78 is 0. The highest BCUT2D eigenvalue weighted by molar-refractivity contribution is 6.05. The molecule has 2 aromatic rings. The van der Waals surface area contributed by atoms with Gasteiger partial charge in [0.2, 0.25) is 0 Å². The summed E-state index contributed by atoms with van der Waals surface area (Å²) in [6, 6.07) is 8.01. The third-order valence-electron chi connectivity index (χ3n) is 4.08. The largest absolute Gasteiger partial charge is 0.356 e. The van der Waals surface area contributed by atoms with Gasteiger partial charge in [-0.05, 0) is 31.9 Å². The molecule has 114 valence electrons. The van der Waals surface area contributed by atoms with Crippen LogP contribution in [0.1, 0.15) is 29.9 Å². The van der Waals surface area contributed by atoms with E-state index in [4.69, 9.17) is 0 Å². The summed E-state index contributed by atoms with van der Waals surface area (Å²) in [5.74, 6) is 0.729. The van der Waals surface area contributed by atoms with Gasteiger partial charge in [-0.2, -0.15) is 0 Å². The first kappa shape index (κ1) is 14.5. The minimum atomic E-state index is -0.0800. The van der Waals surface area contributed by atoms with Crippen LogP contribution in [-0.2, 0) is 6.42 Å². The van der Waals surface area contributed by atoms with Crippen molar-refractivity contribution in [2.45, 2.75) is 20.3 Å². The van der Waals surface area contributed by atoms with Crippen molar-refractivity contribution in [1.29, 1.82) is 0 Å². The zero-order chi connectivity index (χ0) is 15.5. The standard InChI is InChI=1S/C17H20N4O/c1-3-20(4-2)16-12-18-14(11-19-16)17(22)21-10-9-13-7-5-6-8-15(13)21/h5-8,11-12H,3-4,9-10H2,1-2H3. The van der Waals surface area contributed by atoms with E-state index >= 15 is 0 Å². The number of aromatic nitrogens is 2. The molecule has 1 aromatic heterocycles. The smallest absolute Gasteiger partial charge is 0.278 e. The van der Waals surface area contributed by atoms with Gasteiger partial charge in [-0.25, -0.2) is 9.97 Å². The molecular weight excluding hydrogens is 276 g/mol. The van der Waals surface area contributed by atoms with Crippen LogP contribution >= 0.6 is 0 Å². The average Bonchev–Trinajstić information content (AvgIpc) is 3.00. The Hall–Kier alpha value is -2.43. The first-order valence-electron chi connectivity index (χ1n) is 7.71. The lowest BCUT2D eigenvalue weighted by Crippen LogP contribution is -2.30. The summed E-state index contributed by atoms with van der Waals surface area (Å²) in [6.07, 6.45) is 4.16. The molecule has 1 amide bonds. The molecule has 0 aliphatic carbocycles. The Morgan fingerprint density at radius 2 is 1.95 bits per heavy atom. The van der Waals surface area contributed by atoms with Crippen LogP contribution in [0.15, 0.2) is 36.7 Å². The van der Waals surface area contributed by atoms with E-state index in [-0.39, 0.29) is 5.91 Å². The van der Waals surface area contributed by atoms with Crippen LogP contribution in [0, 0.1) is 0 Å². The topological polar surface area (TPSA) is 49.3 Å². The fraction of sp³-hybridized carbons (Fsp3) is 0.353. The molecule has 0 bridgehead atoms. The molecule has 3 rings (SSSR count). The van der Waals surface area contributed by atoms with Crippen molar-refractivity contribution in [3.8, 4) is 0 Å². The van der Waals surface area contributed by atoms with Gasteiger partial charge >= 0.3 is 0 Å². The molecule has 22 heavy (non-hydrogen) atoms. The summed E-state index contributed by atoms with van der Waals surface area (Å²) >= 11 is 0. The highest BCUT2D eigenvalue weighted by Gasteiger charge is 2.26. The second kappa shape index (κ2) is 6.13. The quantitative estimate of drug-likeness (QED) is 0.870. The van der Waals surface area contributed by atoms with Crippen molar-refractivity contribution in [1.82, 2.24) is 9.97 Å². The Balaban J connectivity index is 1.82. The molecule has 2 heterocycles. The third kappa shape index (κ3) is 2.54. The maximum Gasteiger partial charge on any atom is 0.278 e. The van der Waals surface area contributed by atoms with Crippen LogP contribution in [0.25, 0.3) is 0 Å². The molecule has 1 aliphatic rings. The molecule has 0 spiro atoms. The van der Waals surface area contributed by atoms with Gasteiger partial charge in [0.1, 0.15) is 11.5 Å². The fourth-order valence-electron chi connectivity index (χ4n) is 2.83. The number of benzene rings is 1. The zero-order valence-corrected chi connectivity index (χ0v) is 13.0. The van der Waals surface area contributed by atoms with E-state index in [1.165, 1.54) is 5.56 Å². The number of para-hydroxylation sites is 1. The highest BCUT2D eigenvalue weighted by Crippen LogP contribution is 2.28. The molecule has 1 aliphatic heterocycles. The Kier molecular flexibility index (Phi) is 4.04. The Morgan fingerprint density at radius 3 is 2.64 bits per heavy atom. The number of rotatable bonds is 4. The lowest BCUT2D eigenvalue weighted by Gasteiger charge is -2.20. The summed E-state index contributed by atoms with van der Waals surface area (Å²) in [6.45, 7) is 6.60. The number of carbonyl (C=O) groups excluding carboxylic acids is 1. The van der Waals surface area contributed by atoms with E-state index in [0.717, 1.165) is 31.0 Å². The van der Waals surface area contributed by atoms with Gasteiger partial charge in [0, 0.05) is 25.3 Å². The molecule has 0 unspecified atom stereocenters. The number of amides is 1. The van der Waals surface area contributed by atoms with Gasteiger partial charge in [-0.15, -0.1) is 0 Å². The number of hydrogen-bond acceptors (Lipinski definition) is 4. The first-order chi connectivity index (χ1) is 10.7. The molecule has 0 fully saturated rings. The van der Waals surface area contributed by atoms with Crippen molar-refractivity contribution < 1.29 is 4.79 Å². The summed E-state index contributed by atoms with van der Waals surface area (Å²) in [5, 5.41) is 0. The molecule has 0 N–H and O–H groups in total. The van der Waals surface area contributed by atoms with Gasteiger partial charge in [-0.3, -0.25) is 4.79 Å². The molecule has 0 saturated carbocycles. The first-order valence-corrected chi connectivity index (χ1v) is 7.71. The SMILES string of the molecule is CCN(CC)c1cnc(C(=O)N2CCc3ccccc32)cn1. The van der Waals surface area contributed by atoms with Crippen molar-refractivity contribution in [3.63, 3.8) is 0 Å². The second-order valence-corrected chi connectivity index (χ2v) is 5.27. The lowest BCUT2D eigenvalue weighted by atomic mass is 10.2. The molecule has 5 heteroatoms. The third-order valence-corrected chi connectivity index (χ3v) is 4.08.